The lowest BCUT2D eigenvalue weighted by atomic mass is 9.73. The molecule has 7 heteroatoms. The monoisotopic (exact) mass is 453 g/mol. The molecule has 180 valence electrons. The summed E-state index contributed by atoms with van der Waals surface area (Å²) < 4.78 is 7.83. The minimum atomic E-state index is 0.00940. The Morgan fingerprint density at radius 2 is 1.91 bits per heavy atom. The molecule has 33 heavy (non-hydrogen) atoms. The molecule has 0 saturated carbocycles. The SMILES string of the molecule is CC(C)CN1CCOc2ccccc2CCCCC2(CCN(C(=O)c3cn(C)nn3)CC2)C1. The second-order valence-corrected chi connectivity index (χ2v) is 10.4. The van der Waals surface area contributed by atoms with Crippen molar-refractivity contribution in [3.8, 4) is 5.75 Å². The number of benzene rings is 1. The number of para-hydroxylation sites is 1. The first-order chi connectivity index (χ1) is 15.9. The number of nitrogens with zero attached hydrogens (tertiary/aromatic N) is 5. The number of likely N-dealkylation sites (tertiary alicyclic amines) is 1. The van der Waals surface area contributed by atoms with Gasteiger partial charge in [0.1, 0.15) is 12.4 Å². The van der Waals surface area contributed by atoms with Crippen molar-refractivity contribution in [1.82, 2.24) is 24.8 Å². The smallest absolute Gasteiger partial charge is 0.276 e. The fourth-order valence-electron chi connectivity index (χ4n) is 5.46. The van der Waals surface area contributed by atoms with Crippen molar-refractivity contribution in [3.05, 3.63) is 41.7 Å². The van der Waals surface area contributed by atoms with Crippen LogP contribution >= 0.6 is 0 Å². The van der Waals surface area contributed by atoms with Gasteiger partial charge in [-0.15, -0.1) is 5.10 Å². The van der Waals surface area contributed by atoms with Gasteiger partial charge in [-0.1, -0.05) is 43.7 Å². The summed E-state index contributed by atoms with van der Waals surface area (Å²) >= 11 is 0. The predicted octanol–water partition coefficient (Wildman–Crippen LogP) is 3.80. The minimum absolute atomic E-state index is 0.00940. The van der Waals surface area contributed by atoms with Crippen LogP contribution in [0.3, 0.4) is 0 Å². The van der Waals surface area contributed by atoms with Crippen LogP contribution in [0.2, 0.25) is 0 Å². The molecule has 1 saturated heterocycles. The van der Waals surface area contributed by atoms with Gasteiger partial charge in [0.25, 0.3) is 5.91 Å². The molecule has 3 heterocycles. The molecule has 0 aliphatic carbocycles. The summed E-state index contributed by atoms with van der Waals surface area (Å²) in [5.41, 5.74) is 2.03. The molecule has 2 aromatic rings. The van der Waals surface area contributed by atoms with Crippen LogP contribution in [0, 0.1) is 11.3 Å². The quantitative estimate of drug-likeness (QED) is 0.707. The second kappa shape index (κ2) is 10.7. The maximum absolute atomic E-state index is 12.9. The van der Waals surface area contributed by atoms with Crippen LogP contribution in [0.4, 0.5) is 0 Å². The lowest BCUT2D eigenvalue weighted by molar-refractivity contribution is 0.0351. The van der Waals surface area contributed by atoms with Crippen molar-refractivity contribution in [2.75, 3.05) is 39.3 Å². The van der Waals surface area contributed by atoms with E-state index in [1.54, 1.807) is 17.9 Å². The Balaban J connectivity index is 1.46. The Kier molecular flexibility index (Phi) is 7.68. The first kappa shape index (κ1) is 23.7. The van der Waals surface area contributed by atoms with Crippen molar-refractivity contribution in [2.45, 2.75) is 52.4 Å². The number of fused-ring (bicyclic) bond motifs is 1. The van der Waals surface area contributed by atoms with E-state index in [1.165, 1.54) is 24.8 Å². The fraction of sp³-hybridized carbons (Fsp3) is 0.654. The fourth-order valence-corrected chi connectivity index (χ4v) is 5.46. The molecule has 0 bridgehead atoms. The van der Waals surface area contributed by atoms with Crippen LogP contribution in [0.25, 0.3) is 0 Å². The van der Waals surface area contributed by atoms with Crippen LogP contribution in [-0.2, 0) is 13.5 Å². The highest BCUT2D eigenvalue weighted by Gasteiger charge is 2.37. The van der Waals surface area contributed by atoms with Crippen molar-refractivity contribution in [1.29, 1.82) is 0 Å². The van der Waals surface area contributed by atoms with Gasteiger partial charge in [-0.2, -0.15) is 0 Å². The van der Waals surface area contributed by atoms with E-state index in [2.05, 4.69) is 53.3 Å². The van der Waals surface area contributed by atoms with Gasteiger partial charge in [0.15, 0.2) is 5.69 Å². The summed E-state index contributed by atoms with van der Waals surface area (Å²) in [5.74, 6) is 1.67. The largest absolute Gasteiger partial charge is 0.492 e. The second-order valence-electron chi connectivity index (χ2n) is 10.4. The average Bonchev–Trinajstić information content (AvgIpc) is 3.23. The maximum Gasteiger partial charge on any atom is 0.276 e. The molecule has 4 rings (SSSR count). The maximum atomic E-state index is 12.9. The zero-order chi connectivity index (χ0) is 23.3. The van der Waals surface area contributed by atoms with E-state index in [9.17, 15) is 4.79 Å². The van der Waals surface area contributed by atoms with Crippen LogP contribution in [0.15, 0.2) is 30.5 Å². The Bertz CT molecular complexity index is 917. The molecule has 7 nitrogen and oxygen atoms in total. The molecular weight excluding hydrogens is 414 g/mol. The third kappa shape index (κ3) is 6.14. The van der Waals surface area contributed by atoms with E-state index in [0.717, 1.165) is 64.3 Å². The number of ether oxygens (including phenoxy) is 1. The minimum Gasteiger partial charge on any atom is -0.492 e. The van der Waals surface area contributed by atoms with E-state index >= 15 is 0 Å². The van der Waals surface area contributed by atoms with Crippen molar-refractivity contribution in [3.63, 3.8) is 0 Å². The van der Waals surface area contributed by atoms with Crippen molar-refractivity contribution >= 4 is 5.91 Å². The Morgan fingerprint density at radius 3 is 2.64 bits per heavy atom. The zero-order valence-corrected chi connectivity index (χ0v) is 20.5. The van der Waals surface area contributed by atoms with Gasteiger partial charge in [-0.25, -0.2) is 0 Å². The number of carbonyl (C=O) groups is 1. The Hall–Kier alpha value is -2.41. The number of amides is 1. The van der Waals surface area contributed by atoms with Crippen LogP contribution in [-0.4, -0.2) is 70.0 Å². The first-order valence-corrected chi connectivity index (χ1v) is 12.5. The Labute approximate surface area is 198 Å². The summed E-state index contributed by atoms with van der Waals surface area (Å²) in [4.78, 5) is 17.5. The molecule has 0 unspecified atom stereocenters. The zero-order valence-electron chi connectivity index (χ0n) is 20.5. The molecular formula is C26H39N5O2. The molecule has 0 radical (unpaired) electrons. The normalized spacial score (nSPS) is 20.1. The van der Waals surface area contributed by atoms with Crippen LogP contribution in [0.5, 0.6) is 5.75 Å². The van der Waals surface area contributed by atoms with Crippen LogP contribution in [0.1, 0.15) is 62.0 Å². The van der Waals surface area contributed by atoms with Gasteiger partial charge in [-0.05, 0) is 55.1 Å². The highest BCUT2D eigenvalue weighted by Crippen LogP contribution is 2.38. The van der Waals surface area contributed by atoms with Gasteiger partial charge < -0.3 is 9.64 Å². The molecule has 1 aromatic heterocycles. The number of hydrogen-bond donors (Lipinski definition) is 0. The van der Waals surface area contributed by atoms with E-state index in [-0.39, 0.29) is 11.3 Å². The number of piperidine rings is 1. The molecule has 1 amide bonds. The summed E-state index contributed by atoms with van der Waals surface area (Å²) in [5, 5.41) is 7.96. The lowest BCUT2D eigenvalue weighted by Gasteiger charge is -2.45. The first-order valence-electron chi connectivity index (χ1n) is 12.5. The molecule has 2 aliphatic rings. The standard InChI is InChI=1S/C26H39N5O2/c1-21(2)18-30-16-17-33-24-10-5-4-8-22(24)9-6-7-11-26(20-30)12-14-31(15-13-26)25(32)23-19-29(3)28-27-23/h4-5,8,10,19,21H,6-7,9,11-18,20H2,1-3H3. The molecule has 1 fully saturated rings. The Morgan fingerprint density at radius 1 is 1.12 bits per heavy atom. The summed E-state index contributed by atoms with van der Waals surface area (Å²) in [7, 11) is 1.80. The molecule has 0 N–H and O–H groups in total. The van der Waals surface area contributed by atoms with Gasteiger partial charge in [0, 0.05) is 39.8 Å². The number of aryl methyl sites for hydroxylation is 2. The topological polar surface area (TPSA) is 63.5 Å². The number of hydrogen-bond acceptors (Lipinski definition) is 5. The molecule has 2 aliphatic heterocycles. The predicted molar refractivity (Wildman–Crippen MR) is 129 cm³/mol. The lowest BCUT2D eigenvalue weighted by Crippen LogP contribution is -2.49. The van der Waals surface area contributed by atoms with E-state index in [0.29, 0.717) is 11.6 Å². The van der Waals surface area contributed by atoms with Gasteiger partial charge >= 0.3 is 0 Å². The van der Waals surface area contributed by atoms with Gasteiger partial charge in [-0.3, -0.25) is 14.4 Å². The molecule has 0 atom stereocenters. The summed E-state index contributed by atoms with van der Waals surface area (Å²) in [6.07, 6.45) is 8.48. The number of aromatic nitrogens is 3. The summed E-state index contributed by atoms with van der Waals surface area (Å²) in [6, 6.07) is 8.50. The summed E-state index contributed by atoms with van der Waals surface area (Å²) in [6.45, 7) is 10.0. The number of rotatable bonds is 3. The van der Waals surface area contributed by atoms with E-state index in [1.807, 2.05) is 4.90 Å². The number of carbonyl (C=O) groups excluding carboxylic acids is 1. The van der Waals surface area contributed by atoms with Crippen LogP contribution < -0.4 is 4.74 Å². The average molecular weight is 454 g/mol. The third-order valence-corrected chi connectivity index (χ3v) is 7.16. The van der Waals surface area contributed by atoms with Gasteiger partial charge in [0.05, 0.1) is 6.20 Å². The molecule has 1 aromatic carbocycles. The van der Waals surface area contributed by atoms with E-state index < -0.39 is 0 Å². The van der Waals surface area contributed by atoms with Gasteiger partial charge in [0.2, 0.25) is 0 Å². The highest BCUT2D eigenvalue weighted by atomic mass is 16.5. The highest BCUT2D eigenvalue weighted by molar-refractivity contribution is 5.92. The van der Waals surface area contributed by atoms with E-state index in [4.69, 9.17) is 4.74 Å². The van der Waals surface area contributed by atoms with Crippen molar-refractivity contribution in [2.24, 2.45) is 18.4 Å². The third-order valence-electron chi connectivity index (χ3n) is 7.16. The van der Waals surface area contributed by atoms with Crippen molar-refractivity contribution < 1.29 is 9.53 Å². The molecule has 1 spiro atoms.